The lowest BCUT2D eigenvalue weighted by Gasteiger charge is -2.16. The Morgan fingerprint density at radius 2 is 2.00 bits per heavy atom. The maximum atomic E-state index is 11.6. The number of carbonyl (C=O) groups is 1. The highest BCUT2D eigenvalue weighted by molar-refractivity contribution is 6.31. The molecule has 0 fully saturated rings. The fraction of sp³-hybridized carbons (Fsp3) is 0.462. The number of aryl methyl sites for hydroxylation is 1. The van der Waals surface area contributed by atoms with E-state index in [0.717, 1.165) is 5.56 Å². The van der Waals surface area contributed by atoms with Crippen LogP contribution in [0.25, 0.3) is 0 Å². The van der Waals surface area contributed by atoms with Crippen molar-refractivity contribution >= 4 is 17.5 Å². The summed E-state index contributed by atoms with van der Waals surface area (Å²) in [5.74, 6) is 0.533. The van der Waals surface area contributed by atoms with Crippen LogP contribution in [0, 0.1) is 6.92 Å². The van der Waals surface area contributed by atoms with Gasteiger partial charge in [-0.25, -0.2) is 0 Å². The van der Waals surface area contributed by atoms with Crippen LogP contribution in [0.2, 0.25) is 5.02 Å². The fourth-order valence-electron chi connectivity index (χ4n) is 1.35. The molecule has 1 rings (SSSR count). The lowest BCUT2D eigenvalue weighted by Crippen LogP contribution is -2.40. The Morgan fingerprint density at radius 1 is 1.35 bits per heavy atom. The molecule has 0 heterocycles. The predicted octanol–water partition coefficient (Wildman–Crippen LogP) is 2.94. The Kier molecular flexibility index (Phi) is 4.82. The topological polar surface area (TPSA) is 38.3 Å². The Morgan fingerprint density at radius 3 is 2.53 bits per heavy atom. The predicted molar refractivity (Wildman–Crippen MR) is 69.6 cm³/mol. The first-order chi connectivity index (χ1) is 7.90. The van der Waals surface area contributed by atoms with Gasteiger partial charge in [0.25, 0.3) is 5.91 Å². The highest BCUT2D eigenvalue weighted by Gasteiger charge is 2.15. The number of halogens is 1. The smallest absolute Gasteiger partial charge is 0.260 e. The van der Waals surface area contributed by atoms with E-state index in [-0.39, 0.29) is 11.9 Å². The molecule has 1 aromatic carbocycles. The third kappa shape index (κ3) is 4.27. The van der Waals surface area contributed by atoms with E-state index in [0.29, 0.717) is 10.8 Å². The average Bonchev–Trinajstić information content (AvgIpc) is 2.22. The minimum Gasteiger partial charge on any atom is -0.481 e. The molecule has 0 saturated carbocycles. The number of amides is 1. The summed E-state index contributed by atoms with van der Waals surface area (Å²) in [7, 11) is 0. The summed E-state index contributed by atoms with van der Waals surface area (Å²) in [6.45, 7) is 7.45. The normalized spacial score (nSPS) is 12.4. The van der Waals surface area contributed by atoms with Crippen molar-refractivity contribution in [3.05, 3.63) is 28.8 Å². The van der Waals surface area contributed by atoms with Crippen LogP contribution in [0.1, 0.15) is 26.3 Å². The van der Waals surface area contributed by atoms with Crippen LogP contribution in [0.5, 0.6) is 5.75 Å². The number of hydrogen-bond donors (Lipinski definition) is 1. The number of benzene rings is 1. The van der Waals surface area contributed by atoms with Crippen LogP contribution in [0.3, 0.4) is 0 Å². The molecule has 0 saturated heterocycles. The number of carbonyl (C=O) groups excluding carboxylic acids is 1. The van der Waals surface area contributed by atoms with E-state index in [1.54, 1.807) is 19.1 Å². The summed E-state index contributed by atoms with van der Waals surface area (Å²) >= 11 is 5.91. The van der Waals surface area contributed by atoms with E-state index >= 15 is 0 Å². The van der Waals surface area contributed by atoms with Crippen LogP contribution in [-0.4, -0.2) is 18.1 Å². The second-order valence-electron chi connectivity index (χ2n) is 4.33. The van der Waals surface area contributed by atoms with Gasteiger partial charge < -0.3 is 10.1 Å². The molecule has 0 aliphatic carbocycles. The Labute approximate surface area is 107 Å². The summed E-state index contributed by atoms with van der Waals surface area (Å²) in [4.78, 5) is 11.6. The zero-order valence-corrected chi connectivity index (χ0v) is 11.3. The van der Waals surface area contributed by atoms with Gasteiger partial charge in [0.15, 0.2) is 6.10 Å². The van der Waals surface area contributed by atoms with E-state index in [4.69, 9.17) is 16.3 Å². The highest BCUT2D eigenvalue weighted by Crippen LogP contribution is 2.21. The molecule has 0 spiro atoms. The van der Waals surface area contributed by atoms with Crippen molar-refractivity contribution in [2.45, 2.75) is 39.8 Å². The van der Waals surface area contributed by atoms with Crippen LogP contribution in [0.15, 0.2) is 18.2 Å². The molecule has 1 amide bonds. The molecule has 17 heavy (non-hydrogen) atoms. The van der Waals surface area contributed by atoms with Crippen molar-refractivity contribution in [2.24, 2.45) is 0 Å². The molecule has 1 atom stereocenters. The zero-order valence-electron chi connectivity index (χ0n) is 10.6. The molecule has 0 unspecified atom stereocenters. The molecule has 0 aromatic heterocycles. The van der Waals surface area contributed by atoms with Gasteiger partial charge in [0.05, 0.1) is 0 Å². The number of hydrogen-bond acceptors (Lipinski definition) is 2. The van der Waals surface area contributed by atoms with Gasteiger partial charge in [0.1, 0.15) is 5.75 Å². The third-order valence-corrected chi connectivity index (χ3v) is 2.67. The van der Waals surface area contributed by atoms with Gasteiger partial charge in [-0.2, -0.15) is 0 Å². The van der Waals surface area contributed by atoms with Gasteiger partial charge >= 0.3 is 0 Å². The summed E-state index contributed by atoms with van der Waals surface area (Å²) < 4.78 is 5.54. The fourth-order valence-corrected chi connectivity index (χ4v) is 1.47. The molecular weight excluding hydrogens is 238 g/mol. The zero-order chi connectivity index (χ0) is 13.0. The van der Waals surface area contributed by atoms with Crippen molar-refractivity contribution in [2.75, 3.05) is 0 Å². The van der Waals surface area contributed by atoms with E-state index in [1.165, 1.54) is 0 Å². The maximum Gasteiger partial charge on any atom is 0.260 e. The van der Waals surface area contributed by atoms with Gasteiger partial charge in [-0.1, -0.05) is 11.6 Å². The number of nitrogens with one attached hydrogen (secondary N) is 1. The van der Waals surface area contributed by atoms with E-state index in [2.05, 4.69) is 5.32 Å². The first kappa shape index (κ1) is 13.8. The van der Waals surface area contributed by atoms with Crippen molar-refractivity contribution in [3.8, 4) is 5.75 Å². The average molecular weight is 256 g/mol. The SMILES string of the molecule is Cc1cc(O[C@H](C)C(=O)NC(C)C)ccc1Cl. The number of rotatable bonds is 4. The summed E-state index contributed by atoms with van der Waals surface area (Å²) in [5, 5.41) is 3.49. The standard InChI is InChI=1S/C13H18ClNO2/c1-8(2)15-13(16)10(4)17-11-5-6-12(14)9(3)7-11/h5-8,10H,1-4H3,(H,15,16)/t10-/m1/s1. The first-order valence-corrected chi connectivity index (χ1v) is 6.01. The first-order valence-electron chi connectivity index (χ1n) is 5.63. The lowest BCUT2D eigenvalue weighted by atomic mass is 10.2. The van der Waals surface area contributed by atoms with Crippen LogP contribution >= 0.6 is 11.6 Å². The van der Waals surface area contributed by atoms with E-state index < -0.39 is 6.10 Å². The largest absolute Gasteiger partial charge is 0.481 e. The Balaban J connectivity index is 2.64. The summed E-state index contributed by atoms with van der Waals surface area (Å²) in [5.41, 5.74) is 0.931. The van der Waals surface area contributed by atoms with Crippen molar-refractivity contribution in [1.29, 1.82) is 0 Å². The molecule has 0 radical (unpaired) electrons. The van der Waals surface area contributed by atoms with Gasteiger partial charge in [-0.15, -0.1) is 0 Å². The molecule has 4 heteroatoms. The van der Waals surface area contributed by atoms with Gasteiger partial charge in [0.2, 0.25) is 0 Å². The molecule has 0 aliphatic heterocycles. The number of ether oxygens (including phenoxy) is 1. The van der Waals surface area contributed by atoms with Gasteiger partial charge in [-0.3, -0.25) is 4.79 Å². The van der Waals surface area contributed by atoms with E-state index in [1.807, 2.05) is 26.8 Å². The maximum absolute atomic E-state index is 11.6. The molecule has 94 valence electrons. The lowest BCUT2D eigenvalue weighted by molar-refractivity contribution is -0.127. The van der Waals surface area contributed by atoms with Crippen molar-refractivity contribution < 1.29 is 9.53 Å². The van der Waals surface area contributed by atoms with Crippen LogP contribution in [0.4, 0.5) is 0 Å². The third-order valence-electron chi connectivity index (χ3n) is 2.24. The minimum absolute atomic E-state index is 0.112. The molecule has 3 nitrogen and oxygen atoms in total. The quantitative estimate of drug-likeness (QED) is 0.898. The molecule has 1 N–H and O–H groups in total. The monoisotopic (exact) mass is 255 g/mol. The van der Waals surface area contributed by atoms with Gasteiger partial charge in [-0.05, 0) is 51.5 Å². The highest BCUT2D eigenvalue weighted by atomic mass is 35.5. The Hall–Kier alpha value is -1.22. The molecular formula is C13H18ClNO2. The summed E-state index contributed by atoms with van der Waals surface area (Å²) in [6, 6.07) is 5.45. The second-order valence-corrected chi connectivity index (χ2v) is 4.74. The van der Waals surface area contributed by atoms with Crippen molar-refractivity contribution in [3.63, 3.8) is 0 Å². The van der Waals surface area contributed by atoms with Crippen LogP contribution in [-0.2, 0) is 4.79 Å². The minimum atomic E-state index is -0.516. The van der Waals surface area contributed by atoms with Gasteiger partial charge in [0, 0.05) is 11.1 Å². The van der Waals surface area contributed by atoms with E-state index in [9.17, 15) is 4.79 Å². The molecule has 1 aromatic rings. The van der Waals surface area contributed by atoms with Crippen molar-refractivity contribution in [1.82, 2.24) is 5.32 Å². The molecule has 0 aliphatic rings. The molecule has 0 bridgehead atoms. The van der Waals surface area contributed by atoms with Crippen LogP contribution < -0.4 is 10.1 Å². The second kappa shape index (κ2) is 5.92. The Bertz CT molecular complexity index is 404. The summed E-state index contributed by atoms with van der Waals surface area (Å²) in [6.07, 6.45) is -0.516.